The number of aromatic carboxylic acids is 1. The minimum Gasteiger partial charge on any atom is -0.496 e. The topological polar surface area (TPSA) is 92.7 Å². The van der Waals surface area contributed by atoms with Gasteiger partial charge in [0.2, 0.25) is 0 Å². The summed E-state index contributed by atoms with van der Waals surface area (Å²) in [6.45, 7) is 0. The number of carboxylic acids is 1. The van der Waals surface area contributed by atoms with Crippen molar-refractivity contribution in [2.45, 2.75) is 4.90 Å². The second kappa shape index (κ2) is 6.55. The second-order valence-corrected chi connectivity index (χ2v) is 6.93. The van der Waals surface area contributed by atoms with Crippen LogP contribution in [-0.4, -0.2) is 26.6 Å². The van der Waals surface area contributed by atoms with Gasteiger partial charge in [-0.05, 0) is 52.3 Å². The van der Waals surface area contributed by atoms with Crippen LogP contribution in [0, 0.1) is 5.82 Å². The number of methoxy groups -OCH3 is 1. The van der Waals surface area contributed by atoms with E-state index >= 15 is 0 Å². The first-order valence-corrected chi connectivity index (χ1v) is 8.41. The van der Waals surface area contributed by atoms with Crippen molar-refractivity contribution in [2.75, 3.05) is 11.8 Å². The van der Waals surface area contributed by atoms with Gasteiger partial charge >= 0.3 is 5.97 Å². The molecule has 23 heavy (non-hydrogen) atoms. The fourth-order valence-corrected chi connectivity index (χ4v) is 3.60. The number of halogens is 2. The molecule has 0 unspecified atom stereocenters. The van der Waals surface area contributed by atoms with Gasteiger partial charge in [0.25, 0.3) is 10.0 Å². The van der Waals surface area contributed by atoms with Crippen molar-refractivity contribution in [3.8, 4) is 5.75 Å². The van der Waals surface area contributed by atoms with Crippen LogP contribution in [0.2, 0.25) is 0 Å². The number of anilines is 1. The molecule has 122 valence electrons. The van der Waals surface area contributed by atoms with Crippen LogP contribution < -0.4 is 9.46 Å². The molecule has 0 heterocycles. The highest BCUT2D eigenvalue weighted by molar-refractivity contribution is 9.10. The molecule has 6 nitrogen and oxygen atoms in total. The lowest BCUT2D eigenvalue weighted by Crippen LogP contribution is -2.16. The molecule has 0 saturated heterocycles. The summed E-state index contributed by atoms with van der Waals surface area (Å²) in [6.07, 6.45) is 0. The Hall–Kier alpha value is -2.13. The van der Waals surface area contributed by atoms with Crippen molar-refractivity contribution in [1.29, 1.82) is 0 Å². The van der Waals surface area contributed by atoms with Gasteiger partial charge in [0.05, 0.1) is 27.7 Å². The zero-order valence-electron chi connectivity index (χ0n) is 11.7. The van der Waals surface area contributed by atoms with Crippen molar-refractivity contribution in [3.05, 3.63) is 52.3 Å². The maximum absolute atomic E-state index is 13.1. The lowest BCUT2D eigenvalue weighted by molar-refractivity contribution is 0.0697. The number of sulfonamides is 1. The Kier molecular flexibility index (Phi) is 4.90. The summed E-state index contributed by atoms with van der Waals surface area (Å²) >= 11 is 3.17. The molecular weight excluding hydrogens is 393 g/mol. The van der Waals surface area contributed by atoms with Gasteiger partial charge in [-0.2, -0.15) is 0 Å². The normalized spacial score (nSPS) is 11.1. The van der Waals surface area contributed by atoms with Crippen LogP contribution in [0.15, 0.2) is 45.8 Å². The van der Waals surface area contributed by atoms with Crippen LogP contribution in [0.4, 0.5) is 10.1 Å². The minimum absolute atomic E-state index is 0.106. The van der Waals surface area contributed by atoms with Gasteiger partial charge < -0.3 is 9.84 Å². The largest absolute Gasteiger partial charge is 0.496 e. The average Bonchev–Trinajstić information content (AvgIpc) is 2.48. The third-order valence-electron chi connectivity index (χ3n) is 2.89. The molecule has 2 aromatic carbocycles. The third kappa shape index (κ3) is 3.80. The predicted molar refractivity (Wildman–Crippen MR) is 84.9 cm³/mol. The van der Waals surface area contributed by atoms with E-state index in [1.54, 1.807) is 0 Å². The Morgan fingerprint density at radius 1 is 1.26 bits per heavy atom. The number of rotatable bonds is 5. The summed E-state index contributed by atoms with van der Waals surface area (Å²) in [7, 11) is -2.62. The Bertz CT molecular complexity index is 869. The Morgan fingerprint density at radius 2 is 1.96 bits per heavy atom. The van der Waals surface area contributed by atoms with Crippen LogP contribution >= 0.6 is 15.9 Å². The SMILES string of the molecule is COc1ccc(S(=O)(=O)Nc2ccc(F)cc2C(=O)O)cc1Br. The van der Waals surface area contributed by atoms with Crippen molar-refractivity contribution in [2.24, 2.45) is 0 Å². The lowest BCUT2D eigenvalue weighted by Gasteiger charge is -2.12. The van der Waals surface area contributed by atoms with Gasteiger partial charge in [0.1, 0.15) is 11.6 Å². The maximum Gasteiger partial charge on any atom is 0.337 e. The Labute approximate surface area is 140 Å². The minimum atomic E-state index is -4.05. The first-order valence-electron chi connectivity index (χ1n) is 6.14. The highest BCUT2D eigenvalue weighted by Crippen LogP contribution is 2.29. The van der Waals surface area contributed by atoms with Crippen molar-refractivity contribution < 1.29 is 27.4 Å². The fraction of sp³-hybridized carbons (Fsp3) is 0.0714. The summed E-state index contributed by atoms with van der Waals surface area (Å²) < 4.78 is 45.4. The smallest absolute Gasteiger partial charge is 0.337 e. The van der Waals surface area contributed by atoms with Gasteiger partial charge in [-0.25, -0.2) is 17.6 Å². The van der Waals surface area contributed by atoms with E-state index in [2.05, 4.69) is 20.7 Å². The van der Waals surface area contributed by atoms with Gasteiger partial charge in [-0.1, -0.05) is 0 Å². The molecule has 0 bridgehead atoms. The molecule has 0 spiro atoms. The molecule has 0 saturated carbocycles. The number of carboxylic acid groups (broad SMARTS) is 1. The summed E-state index contributed by atoms with van der Waals surface area (Å²) in [5.41, 5.74) is -0.716. The van der Waals surface area contributed by atoms with Crippen molar-refractivity contribution in [1.82, 2.24) is 0 Å². The Morgan fingerprint density at radius 3 is 2.52 bits per heavy atom. The molecule has 2 aromatic rings. The van der Waals surface area contributed by atoms with Gasteiger partial charge in [-0.3, -0.25) is 4.72 Å². The molecule has 0 fully saturated rings. The number of benzene rings is 2. The molecule has 0 radical (unpaired) electrons. The lowest BCUT2D eigenvalue weighted by atomic mass is 10.2. The molecule has 0 amide bonds. The molecule has 0 aliphatic carbocycles. The molecule has 0 aliphatic rings. The number of ether oxygens (including phenoxy) is 1. The van der Waals surface area contributed by atoms with E-state index in [1.807, 2.05) is 0 Å². The molecule has 2 rings (SSSR count). The number of hydrogen-bond donors (Lipinski definition) is 2. The Balaban J connectivity index is 2.43. The maximum atomic E-state index is 13.1. The third-order valence-corrected chi connectivity index (χ3v) is 4.87. The molecule has 0 aromatic heterocycles. The quantitative estimate of drug-likeness (QED) is 0.799. The van der Waals surface area contributed by atoms with Crippen LogP contribution in [0.3, 0.4) is 0 Å². The van der Waals surface area contributed by atoms with Crippen LogP contribution in [0.25, 0.3) is 0 Å². The van der Waals surface area contributed by atoms with Crippen LogP contribution in [0.1, 0.15) is 10.4 Å². The van der Waals surface area contributed by atoms with E-state index in [9.17, 15) is 17.6 Å². The average molecular weight is 404 g/mol. The van der Waals surface area contributed by atoms with Crippen molar-refractivity contribution in [3.63, 3.8) is 0 Å². The zero-order valence-corrected chi connectivity index (χ0v) is 14.1. The predicted octanol–water partition coefficient (Wildman–Crippen LogP) is 3.10. The molecule has 0 aliphatic heterocycles. The monoisotopic (exact) mass is 403 g/mol. The molecule has 9 heteroatoms. The van der Waals surface area contributed by atoms with E-state index in [0.29, 0.717) is 10.2 Å². The first kappa shape index (κ1) is 17.2. The summed E-state index contributed by atoms with van der Waals surface area (Å²) in [5, 5.41) is 9.04. The van der Waals surface area contributed by atoms with Gasteiger partial charge in [-0.15, -0.1) is 0 Å². The standard InChI is InChI=1S/C14H11BrFNO5S/c1-22-13-5-3-9(7-11(13)15)23(20,21)17-12-4-2-8(16)6-10(12)14(18)19/h2-7,17H,1H3,(H,18,19). The highest BCUT2D eigenvalue weighted by atomic mass is 79.9. The van der Waals surface area contributed by atoms with Crippen LogP contribution in [0.5, 0.6) is 5.75 Å². The van der Waals surface area contributed by atoms with E-state index in [-0.39, 0.29) is 10.6 Å². The number of carbonyl (C=O) groups is 1. The summed E-state index contributed by atoms with van der Waals surface area (Å²) in [6, 6.07) is 6.82. The number of hydrogen-bond acceptors (Lipinski definition) is 4. The first-order chi connectivity index (χ1) is 10.7. The fourth-order valence-electron chi connectivity index (χ4n) is 1.80. The van der Waals surface area contributed by atoms with Gasteiger partial charge in [0, 0.05) is 0 Å². The van der Waals surface area contributed by atoms with E-state index in [0.717, 1.165) is 18.2 Å². The molecular formula is C14H11BrFNO5S. The highest BCUT2D eigenvalue weighted by Gasteiger charge is 2.20. The summed E-state index contributed by atoms with van der Waals surface area (Å²) in [4.78, 5) is 11.0. The van der Waals surface area contributed by atoms with E-state index in [1.165, 1.54) is 25.3 Å². The number of nitrogens with one attached hydrogen (secondary N) is 1. The van der Waals surface area contributed by atoms with Gasteiger partial charge in [0.15, 0.2) is 0 Å². The van der Waals surface area contributed by atoms with Crippen LogP contribution in [-0.2, 0) is 10.0 Å². The molecule has 0 atom stereocenters. The zero-order chi connectivity index (χ0) is 17.2. The van der Waals surface area contributed by atoms with E-state index in [4.69, 9.17) is 9.84 Å². The summed E-state index contributed by atoms with van der Waals surface area (Å²) in [5.74, 6) is -1.78. The second-order valence-electron chi connectivity index (χ2n) is 4.40. The van der Waals surface area contributed by atoms with E-state index < -0.39 is 27.4 Å². The molecule has 2 N–H and O–H groups in total. The van der Waals surface area contributed by atoms with Crippen molar-refractivity contribution >= 4 is 37.6 Å².